The maximum absolute atomic E-state index is 5.80. The average Bonchev–Trinajstić information content (AvgIpc) is 2.67. The highest BCUT2D eigenvalue weighted by Gasteiger charge is 2.23. The van der Waals surface area contributed by atoms with Crippen molar-refractivity contribution in [3.8, 4) is 5.75 Å². The number of fused-ring (bicyclic) bond motifs is 2. The molecule has 0 unspecified atom stereocenters. The molecule has 2 aliphatic rings. The molecule has 1 atom stereocenters. The Morgan fingerprint density at radius 2 is 1.87 bits per heavy atom. The molecule has 3 rings (SSSR count). The van der Waals surface area contributed by atoms with Crippen LogP contribution in [0.4, 0.5) is 0 Å². The second-order valence-corrected chi connectivity index (χ2v) is 4.62. The van der Waals surface area contributed by atoms with Crippen LogP contribution in [0.1, 0.15) is 29.5 Å². The predicted octanol–water partition coefficient (Wildman–Crippen LogP) is 1.83. The second-order valence-electron chi connectivity index (χ2n) is 4.62. The molecular formula is C13H17NO. The van der Waals surface area contributed by atoms with Gasteiger partial charge >= 0.3 is 0 Å². The van der Waals surface area contributed by atoms with Crippen molar-refractivity contribution in [2.75, 3.05) is 6.54 Å². The molecule has 80 valence electrons. The quantitative estimate of drug-likeness (QED) is 0.755. The van der Waals surface area contributed by atoms with Crippen molar-refractivity contribution in [3.63, 3.8) is 0 Å². The monoisotopic (exact) mass is 203 g/mol. The lowest BCUT2D eigenvalue weighted by Crippen LogP contribution is -2.24. The van der Waals surface area contributed by atoms with Gasteiger partial charge < -0.3 is 10.5 Å². The van der Waals surface area contributed by atoms with Crippen molar-refractivity contribution in [2.45, 2.75) is 38.2 Å². The molecule has 0 saturated carbocycles. The molecule has 0 saturated heterocycles. The molecule has 0 fully saturated rings. The van der Waals surface area contributed by atoms with Crippen LogP contribution in [0.2, 0.25) is 0 Å². The molecule has 15 heavy (non-hydrogen) atoms. The first-order valence-corrected chi connectivity index (χ1v) is 5.88. The Morgan fingerprint density at radius 1 is 1.13 bits per heavy atom. The van der Waals surface area contributed by atoms with Gasteiger partial charge in [-0.3, -0.25) is 0 Å². The highest BCUT2D eigenvalue weighted by molar-refractivity contribution is 5.46. The summed E-state index contributed by atoms with van der Waals surface area (Å²) in [7, 11) is 0. The molecule has 2 N–H and O–H groups in total. The van der Waals surface area contributed by atoms with Crippen molar-refractivity contribution in [3.05, 3.63) is 28.8 Å². The van der Waals surface area contributed by atoms with Crippen LogP contribution >= 0.6 is 0 Å². The van der Waals surface area contributed by atoms with Crippen molar-refractivity contribution in [1.29, 1.82) is 0 Å². The lowest BCUT2D eigenvalue weighted by molar-refractivity contribution is 0.241. The maximum Gasteiger partial charge on any atom is 0.123 e. The van der Waals surface area contributed by atoms with Gasteiger partial charge in [0.05, 0.1) is 0 Å². The number of nitrogens with two attached hydrogens (primary N) is 1. The van der Waals surface area contributed by atoms with E-state index in [4.69, 9.17) is 10.5 Å². The Labute approximate surface area is 90.4 Å². The smallest absolute Gasteiger partial charge is 0.123 e. The summed E-state index contributed by atoms with van der Waals surface area (Å²) in [5, 5.41) is 0. The molecule has 0 radical (unpaired) electrons. The zero-order chi connectivity index (χ0) is 10.3. The molecule has 1 aromatic rings. The molecule has 0 spiro atoms. The minimum Gasteiger partial charge on any atom is -0.488 e. The average molecular weight is 203 g/mol. The zero-order valence-corrected chi connectivity index (χ0v) is 8.96. The van der Waals surface area contributed by atoms with Gasteiger partial charge in [-0.1, -0.05) is 6.07 Å². The molecule has 1 aromatic carbocycles. The fourth-order valence-corrected chi connectivity index (χ4v) is 2.68. The van der Waals surface area contributed by atoms with Gasteiger partial charge in [0, 0.05) is 13.0 Å². The molecular weight excluding hydrogens is 186 g/mol. The van der Waals surface area contributed by atoms with Gasteiger partial charge in [0.1, 0.15) is 11.9 Å². The molecule has 1 aliphatic carbocycles. The first kappa shape index (κ1) is 9.22. The standard InChI is InChI=1S/C13H17NO/c14-8-12-6-11-5-9-3-1-2-4-10(9)7-13(11)15-12/h5,7,12H,1-4,6,8,14H2/t12-/m1/s1. The number of aryl methyl sites for hydroxylation is 2. The second kappa shape index (κ2) is 3.53. The van der Waals surface area contributed by atoms with Crippen molar-refractivity contribution >= 4 is 0 Å². The van der Waals surface area contributed by atoms with Crippen LogP contribution in [-0.2, 0) is 19.3 Å². The van der Waals surface area contributed by atoms with E-state index in [9.17, 15) is 0 Å². The van der Waals surface area contributed by atoms with E-state index in [0.29, 0.717) is 6.54 Å². The third-order valence-corrected chi connectivity index (χ3v) is 3.53. The van der Waals surface area contributed by atoms with E-state index in [-0.39, 0.29) is 6.10 Å². The number of hydrogen-bond acceptors (Lipinski definition) is 2. The Hall–Kier alpha value is -1.02. The van der Waals surface area contributed by atoms with Crippen LogP contribution in [0.25, 0.3) is 0 Å². The number of hydrogen-bond donors (Lipinski definition) is 1. The van der Waals surface area contributed by atoms with Crippen LogP contribution < -0.4 is 10.5 Å². The predicted molar refractivity (Wildman–Crippen MR) is 60.3 cm³/mol. The first-order chi connectivity index (χ1) is 7.36. The van der Waals surface area contributed by atoms with Crippen LogP contribution in [0.3, 0.4) is 0 Å². The lowest BCUT2D eigenvalue weighted by Gasteiger charge is -2.16. The molecule has 0 aromatic heterocycles. The van der Waals surface area contributed by atoms with Gasteiger partial charge in [-0.15, -0.1) is 0 Å². The highest BCUT2D eigenvalue weighted by atomic mass is 16.5. The third kappa shape index (κ3) is 1.53. The molecule has 1 heterocycles. The molecule has 2 heteroatoms. The Balaban J connectivity index is 1.97. The summed E-state index contributed by atoms with van der Waals surface area (Å²) in [6, 6.07) is 4.60. The van der Waals surface area contributed by atoms with Crippen LogP contribution in [-0.4, -0.2) is 12.6 Å². The summed E-state index contributed by atoms with van der Waals surface area (Å²) in [4.78, 5) is 0. The van der Waals surface area contributed by atoms with Crippen LogP contribution in [0.5, 0.6) is 5.75 Å². The SMILES string of the molecule is NC[C@H]1Cc2cc3c(cc2O1)CCCC3. The summed E-state index contributed by atoms with van der Waals surface area (Å²) in [6.07, 6.45) is 6.34. The van der Waals surface area contributed by atoms with Crippen molar-refractivity contribution < 1.29 is 4.74 Å². The fraction of sp³-hybridized carbons (Fsp3) is 0.538. The summed E-state index contributed by atoms with van der Waals surface area (Å²) < 4.78 is 5.80. The molecule has 2 nitrogen and oxygen atoms in total. The number of ether oxygens (including phenoxy) is 1. The van der Waals surface area contributed by atoms with Gasteiger partial charge in [-0.05, 0) is 48.4 Å². The molecule has 1 aliphatic heterocycles. The maximum atomic E-state index is 5.80. The van der Waals surface area contributed by atoms with Crippen LogP contribution in [0.15, 0.2) is 12.1 Å². The van der Waals surface area contributed by atoms with E-state index in [1.807, 2.05) is 0 Å². The van der Waals surface area contributed by atoms with Gasteiger partial charge in [-0.25, -0.2) is 0 Å². The van der Waals surface area contributed by atoms with Gasteiger partial charge in [-0.2, -0.15) is 0 Å². The Bertz CT molecular complexity index is 351. The van der Waals surface area contributed by atoms with E-state index in [1.54, 1.807) is 5.56 Å². The van der Waals surface area contributed by atoms with E-state index < -0.39 is 0 Å². The highest BCUT2D eigenvalue weighted by Crippen LogP contribution is 2.34. The lowest BCUT2D eigenvalue weighted by atomic mass is 9.89. The molecule has 0 amide bonds. The van der Waals surface area contributed by atoms with E-state index in [1.165, 1.54) is 36.8 Å². The van der Waals surface area contributed by atoms with Gasteiger partial charge in [0.2, 0.25) is 0 Å². The summed E-state index contributed by atoms with van der Waals surface area (Å²) in [6.45, 7) is 0.624. The fourth-order valence-electron chi connectivity index (χ4n) is 2.68. The van der Waals surface area contributed by atoms with Gasteiger partial charge in [0.25, 0.3) is 0 Å². The summed E-state index contributed by atoms with van der Waals surface area (Å²) >= 11 is 0. The number of benzene rings is 1. The minimum atomic E-state index is 0.212. The largest absolute Gasteiger partial charge is 0.488 e. The minimum absolute atomic E-state index is 0.212. The summed E-state index contributed by atoms with van der Waals surface area (Å²) in [5.74, 6) is 1.09. The van der Waals surface area contributed by atoms with Crippen LogP contribution in [0, 0.1) is 0 Å². The molecule has 0 bridgehead atoms. The first-order valence-electron chi connectivity index (χ1n) is 5.88. The number of rotatable bonds is 1. The van der Waals surface area contributed by atoms with Crippen molar-refractivity contribution in [2.24, 2.45) is 5.73 Å². The Kier molecular flexibility index (Phi) is 2.17. The van der Waals surface area contributed by atoms with Gasteiger partial charge in [0.15, 0.2) is 0 Å². The van der Waals surface area contributed by atoms with E-state index >= 15 is 0 Å². The Morgan fingerprint density at radius 3 is 2.60 bits per heavy atom. The summed E-state index contributed by atoms with van der Waals surface area (Å²) in [5.41, 5.74) is 10.0. The van der Waals surface area contributed by atoms with E-state index in [2.05, 4.69) is 12.1 Å². The third-order valence-electron chi connectivity index (χ3n) is 3.53. The zero-order valence-electron chi connectivity index (χ0n) is 8.96. The topological polar surface area (TPSA) is 35.2 Å². The van der Waals surface area contributed by atoms with Crippen molar-refractivity contribution in [1.82, 2.24) is 0 Å². The normalized spacial score (nSPS) is 23.1. The van der Waals surface area contributed by atoms with E-state index in [0.717, 1.165) is 12.2 Å².